The van der Waals surface area contributed by atoms with Crippen molar-refractivity contribution in [1.29, 1.82) is 0 Å². The molecule has 3 N–H and O–H groups in total. The first-order chi connectivity index (χ1) is 8.99. The first-order valence-corrected chi connectivity index (χ1v) is 8.01. The Labute approximate surface area is 113 Å². The summed E-state index contributed by atoms with van der Waals surface area (Å²) in [5, 5.41) is 0. The Balaban J connectivity index is 2.16. The molecular weight excluding hydrogens is 267 g/mol. The van der Waals surface area contributed by atoms with Crippen LogP contribution in [0.5, 0.6) is 0 Å². The van der Waals surface area contributed by atoms with Gasteiger partial charge < -0.3 is 5.73 Å². The fourth-order valence-electron chi connectivity index (χ4n) is 2.38. The van der Waals surface area contributed by atoms with Crippen LogP contribution in [0.4, 0.5) is 4.39 Å². The van der Waals surface area contributed by atoms with E-state index in [2.05, 4.69) is 4.72 Å². The molecule has 0 radical (unpaired) electrons. The van der Waals surface area contributed by atoms with Crippen molar-refractivity contribution in [2.24, 2.45) is 5.73 Å². The van der Waals surface area contributed by atoms with E-state index in [1.165, 1.54) is 18.2 Å². The van der Waals surface area contributed by atoms with Crippen LogP contribution in [-0.4, -0.2) is 20.5 Å². The standard InChI is InChI=1S/C13H19FN2O2S/c14-10-5-4-6-11(9-10)19(17,18)16-13-8-3-1-2-7-12(13)15/h4-6,9,12-13,16H,1-3,7-8,15H2. The Morgan fingerprint density at radius 3 is 2.68 bits per heavy atom. The average Bonchev–Trinajstić information content (AvgIpc) is 2.55. The molecule has 0 amide bonds. The molecule has 0 aliphatic heterocycles. The molecule has 6 heteroatoms. The van der Waals surface area contributed by atoms with Crippen molar-refractivity contribution in [1.82, 2.24) is 4.72 Å². The van der Waals surface area contributed by atoms with Gasteiger partial charge in [-0.3, -0.25) is 0 Å². The summed E-state index contributed by atoms with van der Waals surface area (Å²) in [6.45, 7) is 0. The van der Waals surface area contributed by atoms with Crippen molar-refractivity contribution in [2.45, 2.75) is 49.1 Å². The fourth-order valence-corrected chi connectivity index (χ4v) is 3.74. The molecule has 2 atom stereocenters. The maximum absolute atomic E-state index is 13.1. The van der Waals surface area contributed by atoms with Crippen LogP contribution in [0.3, 0.4) is 0 Å². The summed E-state index contributed by atoms with van der Waals surface area (Å²) in [5.74, 6) is -0.562. The van der Waals surface area contributed by atoms with Crippen molar-refractivity contribution < 1.29 is 12.8 Å². The highest BCUT2D eigenvalue weighted by Crippen LogP contribution is 2.19. The van der Waals surface area contributed by atoms with E-state index in [1.807, 2.05) is 0 Å². The number of benzene rings is 1. The van der Waals surface area contributed by atoms with E-state index in [1.54, 1.807) is 0 Å². The molecule has 0 heterocycles. The smallest absolute Gasteiger partial charge is 0.240 e. The predicted molar refractivity (Wildman–Crippen MR) is 71.6 cm³/mol. The molecule has 4 nitrogen and oxygen atoms in total. The number of hydrogen-bond acceptors (Lipinski definition) is 3. The summed E-state index contributed by atoms with van der Waals surface area (Å²) < 4.78 is 40.1. The lowest BCUT2D eigenvalue weighted by Gasteiger charge is -2.22. The Morgan fingerprint density at radius 1 is 1.21 bits per heavy atom. The number of nitrogens with two attached hydrogens (primary N) is 1. The topological polar surface area (TPSA) is 72.2 Å². The molecule has 1 aromatic carbocycles. The third-order valence-electron chi connectivity index (χ3n) is 3.48. The summed E-state index contributed by atoms with van der Waals surface area (Å²) in [7, 11) is -3.70. The lowest BCUT2D eigenvalue weighted by molar-refractivity contribution is 0.456. The van der Waals surface area contributed by atoms with E-state index < -0.39 is 15.8 Å². The highest BCUT2D eigenvalue weighted by atomic mass is 32.2. The van der Waals surface area contributed by atoms with Crippen LogP contribution in [0.2, 0.25) is 0 Å². The molecule has 1 fully saturated rings. The molecule has 2 unspecified atom stereocenters. The highest BCUT2D eigenvalue weighted by molar-refractivity contribution is 7.89. The molecule has 1 aromatic rings. The van der Waals surface area contributed by atoms with Gasteiger partial charge in [-0.1, -0.05) is 25.3 Å². The van der Waals surface area contributed by atoms with Crippen LogP contribution in [-0.2, 0) is 10.0 Å². The lowest BCUT2D eigenvalue weighted by atomic mass is 10.1. The zero-order chi connectivity index (χ0) is 13.9. The molecule has 0 saturated heterocycles. The van der Waals surface area contributed by atoms with Crippen LogP contribution >= 0.6 is 0 Å². The molecule has 19 heavy (non-hydrogen) atoms. The molecule has 0 bridgehead atoms. The van der Waals surface area contributed by atoms with Gasteiger partial charge in [-0.05, 0) is 31.0 Å². The minimum atomic E-state index is -3.70. The van der Waals surface area contributed by atoms with Crippen molar-refractivity contribution in [3.05, 3.63) is 30.1 Å². The second-order valence-corrected chi connectivity index (χ2v) is 6.70. The van der Waals surface area contributed by atoms with Crippen molar-refractivity contribution in [3.8, 4) is 0 Å². The summed E-state index contributed by atoms with van der Waals surface area (Å²) in [4.78, 5) is -0.0519. The molecule has 1 aliphatic carbocycles. The number of hydrogen-bond donors (Lipinski definition) is 2. The van der Waals surface area contributed by atoms with E-state index in [9.17, 15) is 12.8 Å². The second kappa shape index (κ2) is 5.98. The van der Waals surface area contributed by atoms with Crippen LogP contribution in [0.15, 0.2) is 29.2 Å². The van der Waals surface area contributed by atoms with Crippen LogP contribution < -0.4 is 10.5 Å². The number of sulfonamides is 1. The fraction of sp³-hybridized carbons (Fsp3) is 0.538. The summed E-state index contributed by atoms with van der Waals surface area (Å²) in [6, 6.07) is 4.56. The first kappa shape index (κ1) is 14.4. The maximum Gasteiger partial charge on any atom is 0.240 e. The molecular formula is C13H19FN2O2S. The monoisotopic (exact) mass is 286 g/mol. The normalized spacial score (nSPS) is 24.9. The molecule has 0 spiro atoms. The summed E-state index contributed by atoms with van der Waals surface area (Å²) in [6.07, 6.45) is 4.61. The zero-order valence-electron chi connectivity index (χ0n) is 10.7. The highest BCUT2D eigenvalue weighted by Gasteiger charge is 2.26. The van der Waals surface area contributed by atoms with E-state index in [4.69, 9.17) is 5.73 Å². The van der Waals surface area contributed by atoms with Gasteiger partial charge in [-0.25, -0.2) is 17.5 Å². The van der Waals surface area contributed by atoms with E-state index in [0.717, 1.165) is 38.2 Å². The minimum absolute atomic E-state index is 0.0519. The average molecular weight is 286 g/mol. The molecule has 1 aliphatic rings. The van der Waals surface area contributed by atoms with E-state index in [-0.39, 0.29) is 17.0 Å². The SMILES string of the molecule is NC1CCCCCC1NS(=O)(=O)c1cccc(F)c1. The van der Waals surface area contributed by atoms with E-state index in [0.29, 0.717) is 0 Å². The zero-order valence-corrected chi connectivity index (χ0v) is 11.5. The molecule has 0 aromatic heterocycles. The summed E-state index contributed by atoms with van der Waals surface area (Å²) in [5.41, 5.74) is 5.99. The largest absolute Gasteiger partial charge is 0.326 e. The van der Waals surface area contributed by atoms with Gasteiger partial charge in [0, 0.05) is 12.1 Å². The van der Waals surface area contributed by atoms with Gasteiger partial charge in [0.25, 0.3) is 0 Å². The Bertz CT molecular complexity index is 533. The Hall–Kier alpha value is -0.980. The number of rotatable bonds is 3. The van der Waals surface area contributed by atoms with Crippen molar-refractivity contribution >= 4 is 10.0 Å². The van der Waals surface area contributed by atoms with Crippen molar-refractivity contribution in [2.75, 3.05) is 0 Å². The van der Waals surface area contributed by atoms with Crippen molar-refractivity contribution in [3.63, 3.8) is 0 Å². The quantitative estimate of drug-likeness (QED) is 0.832. The number of nitrogens with one attached hydrogen (secondary N) is 1. The lowest BCUT2D eigenvalue weighted by Crippen LogP contribution is -2.46. The van der Waals surface area contributed by atoms with Crippen LogP contribution in [0.1, 0.15) is 32.1 Å². The molecule has 1 saturated carbocycles. The van der Waals surface area contributed by atoms with Gasteiger partial charge in [0.05, 0.1) is 4.90 Å². The molecule has 106 valence electrons. The second-order valence-electron chi connectivity index (χ2n) is 4.99. The third-order valence-corrected chi connectivity index (χ3v) is 4.97. The van der Waals surface area contributed by atoms with Gasteiger partial charge in [-0.15, -0.1) is 0 Å². The number of halogens is 1. The van der Waals surface area contributed by atoms with E-state index >= 15 is 0 Å². The Kier molecular flexibility index (Phi) is 4.54. The Morgan fingerprint density at radius 2 is 1.95 bits per heavy atom. The van der Waals surface area contributed by atoms with Crippen LogP contribution in [0, 0.1) is 5.82 Å². The van der Waals surface area contributed by atoms with Gasteiger partial charge in [0.15, 0.2) is 0 Å². The third kappa shape index (κ3) is 3.75. The van der Waals surface area contributed by atoms with Gasteiger partial charge in [0.1, 0.15) is 5.82 Å². The van der Waals surface area contributed by atoms with Gasteiger partial charge in [0.2, 0.25) is 10.0 Å². The van der Waals surface area contributed by atoms with Gasteiger partial charge >= 0.3 is 0 Å². The minimum Gasteiger partial charge on any atom is -0.326 e. The maximum atomic E-state index is 13.1. The van der Waals surface area contributed by atoms with Crippen LogP contribution in [0.25, 0.3) is 0 Å². The van der Waals surface area contributed by atoms with Gasteiger partial charge in [-0.2, -0.15) is 0 Å². The first-order valence-electron chi connectivity index (χ1n) is 6.52. The summed E-state index contributed by atoms with van der Waals surface area (Å²) >= 11 is 0. The predicted octanol–water partition coefficient (Wildman–Crippen LogP) is 1.76. The molecule has 2 rings (SSSR count).